The van der Waals surface area contributed by atoms with Crippen molar-refractivity contribution in [1.82, 2.24) is 15.3 Å². The normalized spacial score (nSPS) is 20.5. The molecular weight excluding hydrogens is 376 g/mol. The Balaban J connectivity index is 1.79. The molecule has 30 heavy (non-hydrogen) atoms. The van der Waals surface area contributed by atoms with Gasteiger partial charge in [0.2, 0.25) is 0 Å². The van der Waals surface area contributed by atoms with Crippen LogP contribution in [0.2, 0.25) is 0 Å². The second kappa shape index (κ2) is 7.52. The molecule has 0 fully saturated rings. The molecule has 0 radical (unpaired) electrons. The van der Waals surface area contributed by atoms with Crippen molar-refractivity contribution in [3.8, 4) is 0 Å². The number of hydrogen-bond acceptors (Lipinski definition) is 5. The predicted molar refractivity (Wildman–Crippen MR) is 115 cm³/mol. The second-order valence-corrected chi connectivity index (χ2v) is 8.83. The van der Waals surface area contributed by atoms with Gasteiger partial charge in [0.05, 0.1) is 0 Å². The predicted octanol–water partition coefficient (Wildman–Crippen LogP) is 4.03. The van der Waals surface area contributed by atoms with Gasteiger partial charge in [0, 0.05) is 53.0 Å². The van der Waals surface area contributed by atoms with E-state index >= 15 is 0 Å². The van der Waals surface area contributed by atoms with E-state index in [0.29, 0.717) is 23.4 Å². The molecule has 0 aromatic carbocycles. The number of hydrogen-bond donors (Lipinski definition) is 2. The minimum Gasteiger partial charge on any atom is -0.362 e. The third-order valence-electron chi connectivity index (χ3n) is 5.63. The molecule has 2 aromatic rings. The average Bonchev–Trinajstić information content (AvgIpc) is 2.66. The number of allylic oxidation sites excluding steroid dienone is 3. The minimum absolute atomic E-state index is 0.0779. The quantitative estimate of drug-likeness (QED) is 0.810. The summed E-state index contributed by atoms with van der Waals surface area (Å²) in [6.45, 7) is 7.96. The number of rotatable bonds is 3. The number of carbonyl (C=O) groups is 2. The largest absolute Gasteiger partial charge is 0.362 e. The molecule has 154 valence electrons. The number of Topliss-reactive ketones (excluding diaryl/α,β-unsaturated/α-hetero) is 1. The van der Waals surface area contributed by atoms with Crippen LogP contribution in [0.15, 0.2) is 65.3 Å². The van der Waals surface area contributed by atoms with Crippen molar-refractivity contribution in [3.63, 3.8) is 0 Å². The molecule has 0 unspecified atom stereocenters. The SMILES string of the molecule is CC1=C(C(=O)Nc2cccc(C)n2)[C@@H](c2cccnc2)C2=C(CC(C)(C)CC2=O)N1. The lowest BCUT2D eigenvalue weighted by Crippen LogP contribution is -2.39. The first-order valence-corrected chi connectivity index (χ1v) is 10.1. The Morgan fingerprint density at radius 3 is 2.67 bits per heavy atom. The van der Waals surface area contributed by atoms with Crippen molar-refractivity contribution >= 4 is 17.5 Å². The molecule has 6 nitrogen and oxygen atoms in total. The van der Waals surface area contributed by atoms with Crippen LogP contribution < -0.4 is 10.6 Å². The third-order valence-corrected chi connectivity index (χ3v) is 5.63. The molecule has 2 N–H and O–H groups in total. The number of amides is 1. The molecule has 1 aliphatic heterocycles. The van der Waals surface area contributed by atoms with Gasteiger partial charge >= 0.3 is 0 Å². The smallest absolute Gasteiger partial charge is 0.255 e. The monoisotopic (exact) mass is 402 g/mol. The van der Waals surface area contributed by atoms with E-state index in [1.54, 1.807) is 18.5 Å². The van der Waals surface area contributed by atoms with E-state index in [1.165, 1.54) is 0 Å². The van der Waals surface area contributed by atoms with Gasteiger partial charge in [-0.15, -0.1) is 0 Å². The van der Waals surface area contributed by atoms with Crippen molar-refractivity contribution < 1.29 is 9.59 Å². The van der Waals surface area contributed by atoms with Gasteiger partial charge in [-0.3, -0.25) is 14.6 Å². The van der Waals surface area contributed by atoms with Gasteiger partial charge in [0.1, 0.15) is 5.82 Å². The fraction of sp³-hybridized carbons (Fsp3) is 0.333. The molecule has 3 heterocycles. The maximum absolute atomic E-state index is 13.4. The van der Waals surface area contributed by atoms with Crippen LogP contribution in [0.1, 0.15) is 50.8 Å². The van der Waals surface area contributed by atoms with Crippen LogP contribution in [0.4, 0.5) is 5.82 Å². The summed E-state index contributed by atoms with van der Waals surface area (Å²) >= 11 is 0. The molecule has 6 heteroatoms. The van der Waals surface area contributed by atoms with E-state index in [4.69, 9.17) is 0 Å². The average molecular weight is 402 g/mol. The molecule has 1 atom stereocenters. The number of nitrogens with zero attached hydrogens (tertiary/aromatic N) is 2. The van der Waals surface area contributed by atoms with Crippen LogP contribution >= 0.6 is 0 Å². The molecule has 0 bridgehead atoms. The molecular formula is C24H26N4O2. The Kier molecular flexibility index (Phi) is 5.02. The number of aromatic nitrogens is 2. The highest BCUT2D eigenvalue weighted by molar-refractivity contribution is 6.09. The van der Waals surface area contributed by atoms with Gasteiger partial charge in [0.25, 0.3) is 5.91 Å². The van der Waals surface area contributed by atoms with E-state index in [1.807, 2.05) is 38.1 Å². The van der Waals surface area contributed by atoms with Crippen LogP contribution in [0.3, 0.4) is 0 Å². The molecule has 2 aliphatic rings. The summed E-state index contributed by atoms with van der Waals surface area (Å²) in [5, 5.41) is 6.28. The van der Waals surface area contributed by atoms with Crippen LogP contribution in [0.5, 0.6) is 0 Å². The summed E-state index contributed by atoms with van der Waals surface area (Å²) in [7, 11) is 0. The number of pyridine rings is 2. The van der Waals surface area contributed by atoms with E-state index < -0.39 is 5.92 Å². The fourth-order valence-electron chi connectivity index (χ4n) is 4.41. The van der Waals surface area contributed by atoms with E-state index in [0.717, 1.165) is 29.1 Å². The third kappa shape index (κ3) is 3.77. The Bertz CT molecular complexity index is 1080. The van der Waals surface area contributed by atoms with Gasteiger partial charge in [-0.2, -0.15) is 0 Å². The number of ketones is 1. The molecule has 2 aromatic heterocycles. The van der Waals surface area contributed by atoms with Crippen molar-refractivity contribution in [1.29, 1.82) is 0 Å². The lowest BCUT2D eigenvalue weighted by Gasteiger charge is -2.39. The first-order chi connectivity index (χ1) is 14.2. The Morgan fingerprint density at radius 1 is 1.17 bits per heavy atom. The summed E-state index contributed by atoms with van der Waals surface area (Å²) in [4.78, 5) is 35.2. The van der Waals surface area contributed by atoms with Crippen molar-refractivity contribution in [2.45, 2.75) is 46.5 Å². The minimum atomic E-state index is -0.455. The lowest BCUT2D eigenvalue weighted by atomic mass is 9.68. The summed E-state index contributed by atoms with van der Waals surface area (Å²) in [6, 6.07) is 9.24. The first kappa shape index (κ1) is 20.0. The zero-order chi connectivity index (χ0) is 21.5. The summed E-state index contributed by atoms with van der Waals surface area (Å²) in [6.07, 6.45) is 4.64. The fourth-order valence-corrected chi connectivity index (χ4v) is 4.41. The molecule has 0 spiro atoms. The first-order valence-electron chi connectivity index (χ1n) is 10.1. The number of dihydropyridines is 1. The van der Waals surface area contributed by atoms with Gasteiger partial charge in [0.15, 0.2) is 5.78 Å². The highest BCUT2D eigenvalue weighted by Gasteiger charge is 2.42. The van der Waals surface area contributed by atoms with Gasteiger partial charge < -0.3 is 10.6 Å². The Hall–Kier alpha value is -3.28. The van der Waals surface area contributed by atoms with Gasteiger partial charge in [-0.05, 0) is 49.4 Å². The van der Waals surface area contributed by atoms with Crippen molar-refractivity contribution in [3.05, 3.63) is 76.5 Å². The van der Waals surface area contributed by atoms with Crippen LogP contribution in [-0.4, -0.2) is 21.7 Å². The molecule has 4 rings (SSSR count). The topological polar surface area (TPSA) is 84.0 Å². The summed E-state index contributed by atoms with van der Waals surface area (Å²) < 4.78 is 0. The Morgan fingerprint density at radius 2 is 1.97 bits per heavy atom. The molecule has 1 aliphatic carbocycles. The van der Waals surface area contributed by atoms with E-state index in [-0.39, 0.29) is 17.1 Å². The summed E-state index contributed by atoms with van der Waals surface area (Å²) in [5.41, 5.74) is 4.40. The highest BCUT2D eigenvalue weighted by atomic mass is 16.2. The molecule has 0 saturated heterocycles. The second-order valence-electron chi connectivity index (χ2n) is 8.83. The zero-order valence-electron chi connectivity index (χ0n) is 17.7. The van der Waals surface area contributed by atoms with Crippen LogP contribution in [0, 0.1) is 12.3 Å². The molecule has 0 saturated carbocycles. The molecule has 1 amide bonds. The van der Waals surface area contributed by atoms with E-state index in [2.05, 4.69) is 34.4 Å². The van der Waals surface area contributed by atoms with E-state index in [9.17, 15) is 9.59 Å². The van der Waals surface area contributed by atoms with Crippen molar-refractivity contribution in [2.75, 3.05) is 5.32 Å². The van der Waals surface area contributed by atoms with Crippen LogP contribution in [0.25, 0.3) is 0 Å². The standard InChI is InChI=1S/C24H26N4O2/c1-14-7-5-9-19(26-14)28-23(30)20-15(2)27-17-11-24(3,4)12-18(29)22(17)21(20)16-8-6-10-25-13-16/h5-10,13,21,27H,11-12H2,1-4H3,(H,26,28,30)/t21-/m1/s1. The number of anilines is 1. The maximum Gasteiger partial charge on any atom is 0.255 e. The van der Waals surface area contributed by atoms with Crippen molar-refractivity contribution in [2.24, 2.45) is 5.41 Å². The Labute approximate surface area is 176 Å². The zero-order valence-corrected chi connectivity index (χ0v) is 17.7. The lowest BCUT2D eigenvalue weighted by molar-refractivity contribution is -0.118. The number of aryl methyl sites for hydroxylation is 1. The summed E-state index contributed by atoms with van der Waals surface area (Å²) in [5.74, 6) is -0.158. The van der Waals surface area contributed by atoms with Crippen LogP contribution in [-0.2, 0) is 9.59 Å². The highest BCUT2D eigenvalue weighted by Crippen LogP contribution is 2.46. The van der Waals surface area contributed by atoms with Gasteiger partial charge in [-0.25, -0.2) is 4.98 Å². The maximum atomic E-state index is 13.4. The number of carbonyl (C=O) groups excluding carboxylic acids is 2. The van der Waals surface area contributed by atoms with Gasteiger partial charge in [-0.1, -0.05) is 26.0 Å². The number of nitrogens with one attached hydrogen (secondary N) is 2.